The van der Waals surface area contributed by atoms with Gasteiger partial charge in [-0.3, -0.25) is 0 Å². The molecule has 0 N–H and O–H groups in total. The fraction of sp³-hybridized carbons (Fsp3) is 0.574. The summed E-state index contributed by atoms with van der Waals surface area (Å²) in [7, 11) is 0. The number of aryl methyl sites for hydroxylation is 4. The fourth-order valence-electron chi connectivity index (χ4n) is 7.37. The first-order valence-corrected chi connectivity index (χ1v) is 22.2. The number of thioether (sulfide) groups is 2. The Morgan fingerprint density at radius 1 is 0.691 bits per heavy atom. The molecule has 4 rings (SSSR count). The van der Waals surface area contributed by atoms with Crippen molar-refractivity contribution in [2.75, 3.05) is 18.1 Å². The Balaban J connectivity index is 1.55. The lowest BCUT2D eigenvalue weighted by Crippen LogP contribution is -2.41. The van der Waals surface area contributed by atoms with E-state index in [1.165, 1.54) is 75.3 Å². The second-order valence-electron chi connectivity index (χ2n) is 16.8. The number of hydrogen-bond acceptors (Lipinski definition) is 8. The third kappa shape index (κ3) is 12.4. The molecule has 55 heavy (non-hydrogen) atoms. The summed E-state index contributed by atoms with van der Waals surface area (Å²) < 4.78 is 25.0. The first-order valence-electron chi connectivity index (χ1n) is 20.1. The number of carbonyl (C=O) groups is 2. The SMILES string of the molecule is C=C(C)C(=O)OC(C)=C(CSC1CCCCC1)Oc1c(C)cc(C(C)(C)c2cc(C)c(OCC(C)(CSC3CCCCC3)OC(=O)C(=C)C)c(C)c2)cc1C. The summed E-state index contributed by atoms with van der Waals surface area (Å²) in [6.07, 6.45) is 12.5. The molecule has 1 unspecified atom stereocenters. The molecule has 302 valence electrons. The minimum absolute atomic E-state index is 0.261. The molecule has 0 spiro atoms. The smallest absolute Gasteiger partial charge is 0.338 e. The molecule has 8 heteroatoms. The zero-order valence-corrected chi connectivity index (χ0v) is 37.0. The van der Waals surface area contributed by atoms with Crippen LogP contribution < -0.4 is 9.47 Å². The van der Waals surface area contributed by atoms with Crippen LogP contribution in [0.2, 0.25) is 0 Å². The molecule has 2 aromatic rings. The van der Waals surface area contributed by atoms with Crippen molar-refractivity contribution in [1.82, 2.24) is 0 Å². The lowest BCUT2D eigenvalue weighted by molar-refractivity contribution is -0.153. The maximum Gasteiger partial charge on any atom is 0.338 e. The molecule has 0 radical (unpaired) electrons. The third-order valence-corrected chi connectivity index (χ3v) is 14.1. The highest BCUT2D eigenvalue weighted by atomic mass is 32.2. The van der Waals surface area contributed by atoms with Crippen LogP contribution in [0.5, 0.6) is 11.5 Å². The van der Waals surface area contributed by atoms with Crippen molar-refractivity contribution >= 4 is 35.5 Å². The number of esters is 2. The van der Waals surface area contributed by atoms with Gasteiger partial charge in [0.05, 0.1) is 5.75 Å². The predicted octanol–water partition coefficient (Wildman–Crippen LogP) is 12.4. The van der Waals surface area contributed by atoms with Crippen LogP contribution in [0.15, 0.2) is 60.1 Å². The average Bonchev–Trinajstić information content (AvgIpc) is 3.13. The molecule has 2 aliphatic carbocycles. The van der Waals surface area contributed by atoms with Crippen LogP contribution in [0, 0.1) is 27.7 Å². The molecule has 1 atom stereocenters. The van der Waals surface area contributed by atoms with E-state index in [4.69, 9.17) is 18.9 Å². The minimum Gasteiger partial charge on any atom is -0.489 e. The van der Waals surface area contributed by atoms with E-state index in [0.29, 0.717) is 44.7 Å². The summed E-state index contributed by atoms with van der Waals surface area (Å²) in [4.78, 5) is 25.2. The number of hydrogen-bond donors (Lipinski definition) is 0. The summed E-state index contributed by atoms with van der Waals surface area (Å²) >= 11 is 3.79. The van der Waals surface area contributed by atoms with E-state index in [-0.39, 0.29) is 18.0 Å². The first-order chi connectivity index (χ1) is 25.9. The van der Waals surface area contributed by atoms with Gasteiger partial charge < -0.3 is 18.9 Å². The van der Waals surface area contributed by atoms with Crippen molar-refractivity contribution in [2.45, 2.75) is 155 Å². The van der Waals surface area contributed by atoms with Crippen LogP contribution >= 0.6 is 23.5 Å². The maximum atomic E-state index is 12.7. The van der Waals surface area contributed by atoms with Gasteiger partial charge in [0, 0.05) is 32.8 Å². The second kappa shape index (κ2) is 19.9. The van der Waals surface area contributed by atoms with Gasteiger partial charge in [0.25, 0.3) is 0 Å². The topological polar surface area (TPSA) is 71.1 Å². The van der Waals surface area contributed by atoms with Gasteiger partial charge in [-0.25, -0.2) is 9.59 Å². The molecule has 0 saturated heterocycles. The Morgan fingerprint density at radius 3 is 1.62 bits per heavy atom. The molecule has 0 aromatic heterocycles. The van der Waals surface area contributed by atoms with Crippen molar-refractivity contribution in [1.29, 1.82) is 0 Å². The molecule has 2 saturated carbocycles. The lowest BCUT2D eigenvalue weighted by atomic mass is 9.76. The second-order valence-corrected chi connectivity index (χ2v) is 19.4. The number of rotatable bonds is 17. The summed E-state index contributed by atoms with van der Waals surface area (Å²) in [5.74, 6) is 3.25. The summed E-state index contributed by atoms with van der Waals surface area (Å²) in [5.41, 5.74) is 6.10. The predicted molar refractivity (Wildman–Crippen MR) is 232 cm³/mol. The van der Waals surface area contributed by atoms with E-state index >= 15 is 0 Å². The van der Waals surface area contributed by atoms with E-state index in [2.05, 4.69) is 79.0 Å². The van der Waals surface area contributed by atoms with Crippen LogP contribution in [0.1, 0.15) is 139 Å². The van der Waals surface area contributed by atoms with E-state index in [9.17, 15) is 9.59 Å². The van der Waals surface area contributed by atoms with Crippen LogP contribution in [-0.2, 0) is 24.5 Å². The third-order valence-electron chi connectivity index (χ3n) is 11.0. The largest absolute Gasteiger partial charge is 0.489 e. The van der Waals surface area contributed by atoms with E-state index in [1.807, 2.05) is 37.4 Å². The quantitative estimate of drug-likeness (QED) is 0.0891. The van der Waals surface area contributed by atoms with Gasteiger partial charge in [-0.15, -0.1) is 0 Å². The highest BCUT2D eigenvalue weighted by molar-refractivity contribution is 8.00. The highest BCUT2D eigenvalue weighted by Crippen LogP contribution is 2.40. The van der Waals surface area contributed by atoms with E-state index in [1.54, 1.807) is 13.8 Å². The van der Waals surface area contributed by atoms with Crippen molar-refractivity contribution in [2.24, 2.45) is 0 Å². The van der Waals surface area contributed by atoms with Gasteiger partial charge in [-0.05, 0) is 114 Å². The molecule has 0 amide bonds. The minimum atomic E-state index is -0.789. The Kier molecular flexibility index (Phi) is 16.1. The molecule has 0 heterocycles. The number of carbonyl (C=O) groups excluding carboxylic acids is 2. The monoisotopic (exact) mass is 790 g/mol. The van der Waals surface area contributed by atoms with Gasteiger partial charge in [0.15, 0.2) is 11.4 Å². The summed E-state index contributed by atoms with van der Waals surface area (Å²) in [6.45, 7) is 27.8. The van der Waals surface area contributed by atoms with Gasteiger partial charge in [-0.2, -0.15) is 23.5 Å². The number of benzene rings is 2. The standard InChI is InChI=1S/C47H66O6S2/c1-30(2)44(48)51-36(9)41(27-54-39-19-15-13-16-20-39)52-43-34(7)25-38(26-35(43)8)46(10,11)37-23-32(5)42(33(6)24-37)50-28-47(12,53-45(49)31(3)4)29-55-40-21-17-14-18-22-40/h23-26,39-40H,1,3,13-22,27-29H2,2,4-12H3. The van der Waals surface area contributed by atoms with Crippen LogP contribution in [0.25, 0.3) is 0 Å². The first kappa shape index (κ1) is 44.6. The number of ether oxygens (including phenoxy) is 4. The van der Waals surface area contributed by atoms with Gasteiger partial charge in [-0.1, -0.05) is 89.8 Å². The van der Waals surface area contributed by atoms with E-state index in [0.717, 1.165) is 33.8 Å². The van der Waals surface area contributed by atoms with Gasteiger partial charge >= 0.3 is 11.9 Å². The van der Waals surface area contributed by atoms with E-state index < -0.39 is 11.6 Å². The Morgan fingerprint density at radius 2 is 1.15 bits per heavy atom. The normalized spacial score (nSPS) is 17.1. The average molecular weight is 791 g/mol. The molecule has 0 aliphatic heterocycles. The molecule has 2 aliphatic rings. The fourth-order valence-corrected chi connectivity index (χ4v) is 10.1. The summed E-state index contributed by atoms with van der Waals surface area (Å²) in [6, 6.07) is 8.86. The van der Waals surface area contributed by atoms with Gasteiger partial charge in [0.1, 0.15) is 23.9 Å². The summed E-state index contributed by atoms with van der Waals surface area (Å²) in [5, 5.41) is 1.17. The molecule has 6 nitrogen and oxygen atoms in total. The van der Waals surface area contributed by atoms with Crippen molar-refractivity contribution < 1.29 is 28.5 Å². The van der Waals surface area contributed by atoms with Crippen LogP contribution in [0.4, 0.5) is 0 Å². The zero-order valence-electron chi connectivity index (χ0n) is 35.3. The highest BCUT2D eigenvalue weighted by Gasteiger charge is 2.33. The lowest BCUT2D eigenvalue weighted by Gasteiger charge is -2.33. The molecular weight excluding hydrogens is 725 g/mol. The maximum absolute atomic E-state index is 12.7. The molecule has 0 bridgehead atoms. The van der Waals surface area contributed by atoms with Crippen molar-refractivity contribution in [3.8, 4) is 11.5 Å². The van der Waals surface area contributed by atoms with Crippen LogP contribution in [0.3, 0.4) is 0 Å². The van der Waals surface area contributed by atoms with Crippen LogP contribution in [-0.4, -0.2) is 46.2 Å². The molecular formula is C47H66O6S2. The Hall–Kier alpha value is -3.10. The van der Waals surface area contributed by atoms with Crippen molar-refractivity contribution in [3.05, 3.63) is 93.5 Å². The number of allylic oxidation sites excluding steroid dienone is 1. The molecule has 2 aromatic carbocycles. The van der Waals surface area contributed by atoms with Gasteiger partial charge in [0.2, 0.25) is 0 Å². The zero-order chi connectivity index (χ0) is 40.5. The Bertz CT molecular complexity index is 1700. The van der Waals surface area contributed by atoms with Crippen molar-refractivity contribution in [3.63, 3.8) is 0 Å². The Labute approximate surface area is 340 Å². The molecule has 2 fully saturated rings.